The lowest BCUT2D eigenvalue weighted by molar-refractivity contribution is 0.580. The summed E-state index contributed by atoms with van der Waals surface area (Å²) in [7, 11) is 0. The van der Waals surface area contributed by atoms with Gasteiger partial charge in [0.2, 0.25) is 0 Å². The highest BCUT2D eigenvalue weighted by Crippen LogP contribution is 2.20. The summed E-state index contributed by atoms with van der Waals surface area (Å²) in [6.07, 6.45) is 0.464. The van der Waals surface area contributed by atoms with E-state index in [0.29, 0.717) is 29.8 Å². The number of hydrogen-bond donors (Lipinski definition) is 1. The first kappa shape index (κ1) is 14.5. The fourth-order valence-electron chi connectivity index (χ4n) is 1.86. The third-order valence-electron chi connectivity index (χ3n) is 2.75. The minimum absolute atomic E-state index is 0.464. The highest BCUT2D eigenvalue weighted by atomic mass is 79.9. The van der Waals surface area contributed by atoms with E-state index in [4.69, 9.17) is 5.26 Å². The summed E-state index contributed by atoms with van der Waals surface area (Å²) >= 11 is 3.33. The SMILES string of the molecule is N#Cc1ccc(Br)cc1NCCc1cc(F)cc(F)c1. The number of nitrogens with zero attached hydrogens (tertiary/aromatic N) is 1. The first-order chi connectivity index (χ1) is 9.58. The smallest absolute Gasteiger partial charge is 0.126 e. The van der Waals surface area contributed by atoms with E-state index in [1.54, 1.807) is 18.2 Å². The van der Waals surface area contributed by atoms with Crippen LogP contribution in [0.5, 0.6) is 0 Å². The van der Waals surface area contributed by atoms with Gasteiger partial charge in [0.15, 0.2) is 0 Å². The molecule has 20 heavy (non-hydrogen) atoms. The Labute approximate surface area is 124 Å². The molecule has 1 N–H and O–H groups in total. The summed E-state index contributed by atoms with van der Waals surface area (Å²) in [5, 5.41) is 12.1. The van der Waals surface area contributed by atoms with Crippen molar-refractivity contribution in [1.82, 2.24) is 0 Å². The van der Waals surface area contributed by atoms with Crippen molar-refractivity contribution in [3.63, 3.8) is 0 Å². The first-order valence-electron chi connectivity index (χ1n) is 5.97. The van der Waals surface area contributed by atoms with Gasteiger partial charge in [-0.2, -0.15) is 5.26 Å². The standard InChI is InChI=1S/C15H11BrF2N2/c16-12-2-1-11(9-19)15(7-12)20-4-3-10-5-13(17)8-14(18)6-10/h1-2,5-8,20H,3-4H2. The molecular weight excluding hydrogens is 326 g/mol. The highest BCUT2D eigenvalue weighted by molar-refractivity contribution is 9.10. The topological polar surface area (TPSA) is 35.8 Å². The van der Waals surface area contributed by atoms with Gasteiger partial charge in [0.05, 0.1) is 11.3 Å². The molecule has 2 rings (SSSR count). The molecule has 0 aliphatic carbocycles. The Morgan fingerprint density at radius 3 is 2.45 bits per heavy atom. The zero-order valence-electron chi connectivity index (χ0n) is 10.5. The lowest BCUT2D eigenvalue weighted by Crippen LogP contribution is -2.06. The molecule has 2 aromatic rings. The van der Waals surface area contributed by atoms with Gasteiger partial charge in [-0.15, -0.1) is 0 Å². The van der Waals surface area contributed by atoms with E-state index in [2.05, 4.69) is 27.3 Å². The molecule has 0 saturated carbocycles. The molecule has 5 heteroatoms. The second-order valence-electron chi connectivity index (χ2n) is 4.26. The van der Waals surface area contributed by atoms with Crippen molar-refractivity contribution in [2.24, 2.45) is 0 Å². The molecule has 0 aliphatic heterocycles. The van der Waals surface area contributed by atoms with Gasteiger partial charge in [-0.1, -0.05) is 15.9 Å². The third-order valence-corrected chi connectivity index (χ3v) is 3.25. The quantitative estimate of drug-likeness (QED) is 0.905. The summed E-state index contributed by atoms with van der Waals surface area (Å²) in [4.78, 5) is 0. The maximum absolute atomic E-state index is 13.0. The van der Waals surface area contributed by atoms with Crippen LogP contribution in [0.25, 0.3) is 0 Å². The molecule has 0 saturated heterocycles. The molecular formula is C15H11BrF2N2. The normalized spacial score (nSPS) is 10.1. The van der Waals surface area contributed by atoms with Crippen molar-refractivity contribution in [3.8, 4) is 6.07 Å². The Kier molecular flexibility index (Phi) is 4.70. The van der Waals surface area contributed by atoms with Crippen LogP contribution in [0.15, 0.2) is 40.9 Å². The van der Waals surface area contributed by atoms with Crippen LogP contribution in [0.1, 0.15) is 11.1 Å². The van der Waals surface area contributed by atoms with Crippen LogP contribution >= 0.6 is 15.9 Å². The number of benzene rings is 2. The number of anilines is 1. The van der Waals surface area contributed by atoms with Crippen LogP contribution in [-0.4, -0.2) is 6.54 Å². The summed E-state index contributed by atoms with van der Waals surface area (Å²) < 4.78 is 26.9. The van der Waals surface area contributed by atoms with E-state index in [0.717, 1.165) is 10.5 Å². The van der Waals surface area contributed by atoms with Gasteiger partial charge >= 0.3 is 0 Å². The van der Waals surface area contributed by atoms with Crippen molar-refractivity contribution >= 4 is 21.6 Å². The second-order valence-corrected chi connectivity index (χ2v) is 5.17. The Balaban J connectivity index is 2.03. The second kappa shape index (κ2) is 6.49. The summed E-state index contributed by atoms with van der Waals surface area (Å²) in [5.41, 5.74) is 1.79. The lowest BCUT2D eigenvalue weighted by atomic mass is 10.1. The zero-order chi connectivity index (χ0) is 14.5. The number of halogens is 3. The van der Waals surface area contributed by atoms with Crippen molar-refractivity contribution in [2.75, 3.05) is 11.9 Å². The van der Waals surface area contributed by atoms with Crippen LogP contribution in [0.2, 0.25) is 0 Å². The number of rotatable bonds is 4. The largest absolute Gasteiger partial charge is 0.384 e. The van der Waals surface area contributed by atoms with E-state index >= 15 is 0 Å². The number of nitriles is 1. The Morgan fingerprint density at radius 1 is 1.10 bits per heavy atom. The zero-order valence-corrected chi connectivity index (χ0v) is 12.0. The van der Waals surface area contributed by atoms with Crippen molar-refractivity contribution < 1.29 is 8.78 Å². The van der Waals surface area contributed by atoms with Crippen LogP contribution < -0.4 is 5.32 Å². The molecule has 0 heterocycles. The van der Waals surface area contributed by atoms with Gasteiger partial charge in [0, 0.05) is 17.1 Å². The summed E-state index contributed by atoms with van der Waals surface area (Å²) in [6, 6.07) is 10.8. The van der Waals surface area contributed by atoms with Gasteiger partial charge in [0.1, 0.15) is 17.7 Å². The lowest BCUT2D eigenvalue weighted by Gasteiger charge is -2.09. The van der Waals surface area contributed by atoms with E-state index in [1.807, 2.05) is 0 Å². The van der Waals surface area contributed by atoms with Crippen molar-refractivity contribution in [2.45, 2.75) is 6.42 Å². The van der Waals surface area contributed by atoms with E-state index in [9.17, 15) is 8.78 Å². The maximum Gasteiger partial charge on any atom is 0.126 e. The minimum atomic E-state index is -0.583. The fraction of sp³-hybridized carbons (Fsp3) is 0.133. The monoisotopic (exact) mass is 336 g/mol. The fourth-order valence-corrected chi connectivity index (χ4v) is 2.22. The average Bonchev–Trinajstić information content (AvgIpc) is 2.38. The van der Waals surface area contributed by atoms with Crippen LogP contribution in [-0.2, 0) is 6.42 Å². The molecule has 2 aromatic carbocycles. The molecule has 0 radical (unpaired) electrons. The number of nitrogens with one attached hydrogen (secondary N) is 1. The first-order valence-corrected chi connectivity index (χ1v) is 6.76. The highest BCUT2D eigenvalue weighted by Gasteiger charge is 2.04. The molecule has 0 atom stereocenters. The minimum Gasteiger partial charge on any atom is -0.384 e. The molecule has 0 fully saturated rings. The predicted octanol–water partition coefficient (Wildman–Crippen LogP) is 4.25. The third kappa shape index (κ3) is 3.78. The van der Waals surface area contributed by atoms with Gasteiger partial charge in [0.25, 0.3) is 0 Å². The molecule has 0 spiro atoms. The molecule has 102 valence electrons. The van der Waals surface area contributed by atoms with Gasteiger partial charge in [-0.3, -0.25) is 0 Å². The molecule has 0 unspecified atom stereocenters. The van der Waals surface area contributed by atoms with E-state index < -0.39 is 11.6 Å². The van der Waals surface area contributed by atoms with E-state index in [1.165, 1.54) is 12.1 Å². The van der Waals surface area contributed by atoms with Crippen LogP contribution in [0.3, 0.4) is 0 Å². The van der Waals surface area contributed by atoms with E-state index in [-0.39, 0.29) is 0 Å². The Morgan fingerprint density at radius 2 is 1.80 bits per heavy atom. The van der Waals surface area contributed by atoms with Crippen molar-refractivity contribution in [1.29, 1.82) is 5.26 Å². The Hall–Kier alpha value is -1.93. The van der Waals surface area contributed by atoms with Gasteiger partial charge in [-0.05, 0) is 42.3 Å². The van der Waals surface area contributed by atoms with Gasteiger partial charge in [-0.25, -0.2) is 8.78 Å². The molecule has 0 aliphatic rings. The van der Waals surface area contributed by atoms with Gasteiger partial charge < -0.3 is 5.32 Å². The molecule has 0 aromatic heterocycles. The maximum atomic E-state index is 13.0. The number of hydrogen-bond acceptors (Lipinski definition) is 2. The molecule has 0 amide bonds. The average molecular weight is 337 g/mol. The van der Waals surface area contributed by atoms with Crippen molar-refractivity contribution in [3.05, 3.63) is 63.6 Å². The van der Waals surface area contributed by atoms with Crippen LogP contribution in [0, 0.1) is 23.0 Å². The molecule has 0 bridgehead atoms. The Bertz CT molecular complexity index is 645. The summed E-state index contributed by atoms with van der Waals surface area (Å²) in [5.74, 6) is -1.17. The molecule has 2 nitrogen and oxygen atoms in total. The summed E-state index contributed by atoms with van der Waals surface area (Å²) in [6.45, 7) is 0.480. The predicted molar refractivity (Wildman–Crippen MR) is 77.4 cm³/mol. The van der Waals surface area contributed by atoms with Crippen LogP contribution in [0.4, 0.5) is 14.5 Å².